The molecule has 1 aliphatic heterocycles. The molecule has 3 aromatic rings. The maximum Gasteiger partial charge on any atom is 0.262 e. The van der Waals surface area contributed by atoms with Crippen molar-refractivity contribution in [2.45, 2.75) is 49.3 Å². The highest BCUT2D eigenvalue weighted by Crippen LogP contribution is 2.35. The van der Waals surface area contributed by atoms with E-state index in [-0.39, 0.29) is 16.4 Å². The van der Waals surface area contributed by atoms with Gasteiger partial charge in [-0.25, -0.2) is 18.1 Å². The summed E-state index contributed by atoms with van der Waals surface area (Å²) in [7, 11) is -4.06. The lowest BCUT2D eigenvalue weighted by molar-refractivity contribution is 0.412. The van der Waals surface area contributed by atoms with Gasteiger partial charge in [-0.1, -0.05) is 19.3 Å². The van der Waals surface area contributed by atoms with E-state index in [0.717, 1.165) is 44.3 Å². The van der Waals surface area contributed by atoms with E-state index < -0.39 is 20.1 Å². The number of hydrogen-bond donors (Lipinski definition) is 3. The van der Waals surface area contributed by atoms with E-state index in [1.54, 1.807) is 23.9 Å². The summed E-state index contributed by atoms with van der Waals surface area (Å²) in [6, 6.07) is 4.70. The molecule has 0 radical (unpaired) electrons. The number of hydrogen-bond acceptors (Lipinski definition) is 9. The number of nitrogens with zero attached hydrogens (tertiary/aromatic N) is 4. The van der Waals surface area contributed by atoms with Gasteiger partial charge in [-0.2, -0.15) is 17.8 Å². The Morgan fingerprint density at radius 1 is 1.05 bits per heavy atom. The lowest BCUT2D eigenvalue weighted by atomic mass is 9.86. The molecule has 1 aliphatic carbocycles. The quantitative estimate of drug-likeness (QED) is 0.369. The third-order valence-electron chi connectivity index (χ3n) is 7.08. The molecule has 2 fully saturated rings. The first-order valence-electron chi connectivity index (χ1n) is 13.2. The first-order chi connectivity index (χ1) is 18.9. The first-order valence-corrected chi connectivity index (χ1v) is 16.5. The maximum absolute atomic E-state index is 13.2. The number of benzene rings is 1. The number of fused-ring (bicyclic) bond motifs is 1. The van der Waals surface area contributed by atoms with Crippen LogP contribution in [-0.4, -0.2) is 85.0 Å². The average Bonchev–Trinajstić information content (AvgIpc) is 3.07. The maximum atomic E-state index is 13.2. The number of aromatic nitrogens is 4. The van der Waals surface area contributed by atoms with Gasteiger partial charge in [-0.3, -0.25) is 9.35 Å². The van der Waals surface area contributed by atoms with E-state index in [4.69, 9.17) is 14.3 Å². The van der Waals surface area contributed by atoms with Crippen molar-refractivity contribution >= 4 is 31.2 Å². The fourth-order valence-corrected chi connectivity index (χ4v) is 6.71. The van der Waals surface area contributed by atoms with Crippen LogP contribution in [0.25, 0.3) is 22.4 Å². The summed E-state index contributed by atoms with van der Waals surface area (Å²) in [6.07, 6.45) is 7.05. The molecule has 15 heteroatoms. The van der Waals surface area contributed by atoms with Gasteiger partial charge in [0, 0.05) is 38.7 Å². The molecule has 220 valence electrons. The number of rotatable bonds is 5. The van der Waals surface area contributed by atoms with Gasteiger partial charge >= 0.3 is 0 Å². The molecule has 1 saturated heterocycles. The highest BCUT2D eigenvalue weighted by molar-refractivity contribution is 7.89. The standard InChI is InChI=1S/C24H32N6O4S.CH4O3S/c1-29-23-20(21(28-29)16-7-4-3-5-8-16)24(31)27-22(26-23)18-10-9-17(15-19(18)34-2)35(32,33)30-13-6-11-25-12-14-30;1-5(2,3)4/h9-10,15-16,25H,3-8,11-14H2,1-2H3,(H,26,27,31);1H3,(H,2,3,4). The molecule has 13 nitrogen and oxygen atoms in total. The molecule has 0 atom stereocenters. The van der Waals surface area contributed by atoms with Crippen LogP contribution in [0.4, 0.5) is 0 Å². The molecule has 40 heavy (non-hydrogen) atoms. The number of nitrogens with one attached hydrogen (secondary N) is 2. The van der Waals surface area contributed by atoms with E-state index in [9.17, 15) is 21.6 Å². The highest BCUT2D eigenvalue weighted by Gasteiger charge is 2.28. The molecular weight excluding hydrogens is 560 g/mol. The monoisotopic (exact) mass is 596 g/mol. The fourth-order valence-electron chi connectivity index (χ4n) is 5.21. The Balaban J connectivity index is 0.000000681. The number of methoxy groups -OCH3 is 1. The van der Waals surface area contributed by atoms with Crippen LogP contribution in [-0.2, 0) is 27.2 Å². The smallest absolute Gasteiger partial charge is 0.262 e. The van der Waals surface area contributed by atoms with Gasteiger partial charge in [-0.15, -0.1) is 0 Å². The van der Waals surface area contributed by atoms with E-state index in [0.29, 0.717) is 54.1 Å². The van der Waals surface area contributed by atoms with Crippen molar-refractivity contribution < 1.29 is 26.1 Å². The molecule has 1 aromatic carbocycles. The van der Waals surface area contributed by atoms with Crippen molar-refractivity contribution in [3.63, 3.8) is 0 Å². The predicted molar refractivity (Wildman–Crippen MR) is 151 cm³/mol. The number of sulfonamides is 1. The van der Waals surface area contributed by atoms with Gasteiger partial charge in [0.05, 0.1) is 29.5 Å². The summed E-state index contributed by atoms with van der Waals surface area (Å²) in [6.45, 7) is 2.30. The second kappa shape index (κ2) is 12.3. The highest BCUT2D eigenvalue weighted by atomic mass is 32.2. The van der Waals surface area contributed by atoms with E-state index >= 15 is 0 Å². The van der Waals surface area contributed by atoms with Crippen molar-refractivity contribution in [1.29, 1.82) is 0 Å². The molecule has 5 rings (SSSR count). The third kappa shape index (κ3) is 6.89. The van der Waals surface area contributed by atoms with Gasteiger partial charge in [0.2, 0.25) is 10.0 Å². The molecule has 0 unspecified atom stereocenters. The zero-order valence-corrected chi connectivity index (χ0v) is 24.5. The van der Waals surface area contributed by atoms with Gasteiger partial charge in [0.25, 0.3) is 15.7 Å². The minimum Gasteiger partial charge on any atom is -0.496 e. The van der Waals surface area contributed by atoms with Gasteiger partial charge in [0.1, 0.15) is 17.0 Å². The van der Waals surface area contributed by atoms with Crippen LogP contribution >= 0.6 is 0 Å². The molecule has 1 saturated carbocycles. The molecular formula is C25H36N6O7S2. The largest absolute Gasteiger partial charge is 0.496 e. The summed E-state index contributed by atoms with van der Waals surface area (Å²) in [4.78, 5) is 21.0. The van der Waals surface area contributed by atoms with E-state index in [1.165, 1.54) is 23.9 Å². The minimum absolute atomic E-state index is 0.156. The van der Waals surface area contributed by atoms with E-state index in [1.807, 2.05) is 0 Å². The fraction of sp³-hybridized carbons (Fsp3) is 0.560. The van der Waals surface area contributed by atoms with Crippen molar-refractivity contribution in [3.8, 4) is 17.1 Å². The molecule has 3 N–H and O–H groups in total. The molecule has 0 spiro atoms. The van der Waals surface area contributed by atoms with Crippen LogP contribution < -0.4 is 15.6 Å². The lowest BCUT2D eigenvalue weighted by Gasteiger charge is -2.20. The number of ether oxygens (including phenoxy) is 1. The number of H-pyrrole nitrogens is 1. The summed E-state index contributed by atoms with van der Waals surface area (Å²) in [5.41, 5.74) is 1.61. The third-order valence-corrected chi connectivity index (χ3v) is 8.97. The van der Waals surface area contributed by atoms with Crippen LogP contribution in [0.1, 0.15) is 50.1 Å². The van der Waals surface area contributed by atoms with Crippen molar-refractivity contribution in [2.24, 2.45) is 7.05 Å². The van der Waals surface area contributed by atoms with Crippen molar-refractivity contribution in [3.05, 3.63) is 34.2 Å². The molecule has 2 aliphatic rings. The summed E-state index contributed by atoms with van der Waals surface area (Å²) >= 11 is 0. The zero-order valence-electron chi connectivity index (χ0n) is 22.9. The average molecular weight is 597 g/mol. The van der Waals surface area contributed by atoms with Crippen LogP contribution in [0.15, 0.2) is 27.9 Å². The van der Waals surface area contributed by atoms with Crippen LogP contribution in [0, 0.1) is 0 Å². The van der Waals surface area contributed by atoms with Gasteiger partial charge < -0.3 is 15.0 Å². The molecule has 0 bridgehead atoms. The summed E-state index contributed by atoms with van der Waals surface area (Å²) in [5, 5.41) is 8.43. The van der Waals surface area contributed by atoms with Gasteiger partial charge in [-0.05, 0) is 37.9 Å². The Hall–Kier alpha value is -2.85. The molecule has 0 amide bonds. The Bertz CT molecular complexity index is 1610. The summed E-state index contributed by atoms with van der Waals surface area (Å²) in [5.74, 6) is 0.922. The normalized spacial score (nSPS) is 17.7. The lowest BCUT2D eigenvalue weighted by Crippen LogP contribution is -2.34. The van der Waals surface area contributed by atoms with Crippen molar-refractivity contribution in [2.75, 3.05) is 39.5 Å². The molecule has 3 heterocycles. The Kier molecular flexibility index (Phi) is 9.29. The zero-order chi connectivity index (χ0) is 29.1. The first kappa shape index (κ1) is 30.1. The Labute approximate surface area is 233 Å². The Morgan fingerprint density at radius 2 is 1.75 bits per heavy atom. The predicted octanol–water partition coefficient (Wildman–Crippen LogP) is 1.87. The molecule has 2 aromatic heterocycles. The van der Waals surface area contributed by atoms with Crippen LogP contribution in [0.3, 0.4) is 0 Å². The van der Waals surface area contributed by atoms with E-state index in [2.05, 4.69) is 15.4 Å². The van der Waals surface area contributed by atoms with Crippen LogP contribution in [0.2, 0.25) is 0 Å². The minimum atomic E-state index is -3.67. The Morgan fingerprint density at radius 3 is 2.42 bits per heavy atom. The van der Waals surface area contributed by atoms with Gasteiger partial charge in [0.15, 0.2) is 5.65 Å². The SMILES string of the molecule is COc1cc(S(=O)(=O)N2CCCNCC2)ccc1-c1nc2c(c(C3CCCCC3)nn2C)c(=O)[nH]1.CS(=O)(=O)O. The number of aryl methyl sites for hydroxylation is 1. The summed E-state index contributed by atoms with van der Waals surface area (Å²) < 4.78 is 61.1. The number of aromatic amines is 1. The van der Waals surface area contributed by atoms with Crippen LogP contribution in [0.5, 0.6) is 5.75 Å². The van der Waals surface area contributed by atoms with Crippen molar-refractivity contribution in [1.82, 2.24) is 29.4 Å². The topological polar surface area (TPSA) is 177 Å². The second-order valence-electron chi connectivity index (χ2n) is 10.1. The second-order valence-corrected chi connectivity index (χ2v) is 13.5.